The van der Waals surface area contributed by atoms with Crippen molar-refractivity contribution in [3.8, 4) is 5.75 Å². The summed E-state index contributed by atoms with van der Waals surface area (Å²) >= 11 is 0. The Morgan fingerprint density at radius 3 is 2.40 bits per heavy atom. The molecule has 0 heterocycles. The molecule has 0 aliphatic carbocycles. The quantitative estimate of drug-likeness (QED) is 0.901. The number of halogens is 1. The number of aliphatic hydroxyl groups excluding tert-OH is 1. The summed E-state index contributed by atoms with van der Waals surface area (Å²) in [6.45, 7) is 4.04. The first-order valence-electron chi connectivity index (χ1n) is 6.60. The summed E-state index contributed by atoms with van der Waals surface area (Å²) in [6, 6.07) is 14.5. The minimum absolute atomic E-state index is 0.0311. The fourth-order valence-electron chi connectivity index (χ4n) is 1.87. The van der Waals surface area contributed by atoms with E-state index in [0.29, 0.717) is 6.61 Å². The van der Waals surface area contributed by atoms with Crippen molar-refractivity contribution >= 4 is 0 Å². The third-order valence-corrected chi connectivity index (χ3v) is 3.35. The number of hydrogen-bond acceptors (Lipinski definition) is 2. The SMILES string of the molecule is CC(C)(CO)c1ccc(OCc2ccccc2)c(F)c1. The van der Waals surface area contributed by atoms with Gasteiger partial charge in [-0.1, -0.05) is 50.2 Å². The van der Waals surface area contributed by atoms with E-state index in [1.165, 1.54) is 6.07 Å². The molecule has 0 amide bonds. The molecule has 0 spiro atoms. The highest BCUT2D eigenvalue weighted by molar-refractivity contribution is 5.33. The van der Waals surface area contributed by atoms with Gasteiger partial charge >= 0.3 is 0 Å². The van der Waals surface area contributed by atoms with Crippen molar-refractivity contribution in [1.29, 1.82) is 0 Å². The van der Waals surface area contributed by atoms with E-state index in [-0.39, 0.29) is 12.4 Å². The summed E-state index contributed by atoms with van der Waals surface area (Å²) in [6.07, 6.45) is 0. The first kappa shape index (κ1) is 14.5. The van der Waals surface area contributed by atoms with E-state index >= 15 is 0 Å². The molecule has 0 saturated heterocycles. The lowest BCUT2D eigenvalue weighted by Crippen LogP contribution is -2.22. The molecule has 0 atom stereocenters. The van der Waals surface area contributed by atoms with Gasteiger partial charge < -0.3 is 9.84 Å². The molecule has 2 aromatic rings. The van der Waals surface area contributed by atoms with Crippen LogP contribution in [-0.4, -0.2) is 11.7 Å². The van der Waals surface area contributed by atoms with Crippen LogP contribution >= 0.6 is 0 Å². The van der Waals surface area contributed by atoms with Gasteiger partial charge in [0.25, 0.3) is 0 Å². The van der Waals surface area contributed by atoms with E-state index in [1.54, 1.807) is 12.1 Å². The third-order valence-electron chi connectivity index (χ3n) is 3.35. The average Bonchev–Trinajstić information content (AvgIpc) is 2.47. The summed E-state index contributed by atoms with van der Waals surface area (Å²) < 4.78 is 19.5. The number of ether oxygens (including phenoxy) is 1. The highest BCUT2D eigenvalue weighted by atomic mass is 19.1. The molecule has 3 heteroatoms. The number of benzene rings is 2. The zero-order valence-corrected chi connectivity index (χ0v) is 11.8. The van der Waals surface area contributed by atoms with Crippen LogP contribution in [0.4, 0.5) is 4.39 Å². The fourth-order valence-corrected chi connectivity index (χ4v) is 1.87. The molecule has 106 valence electrons. The smallest absolute Gasteiger partial charge is 0.165 e. The Kier molecular flexibility index (Phi) is 4.40. The largest absolute Gasteiger partial charge is 0.486 e. The Balaban J connectivity index is 2.11. The van der Waals surface area contributed by atoms with Crippen LogP contribution in [-0.2, 0) is 12.0 Å². The van der Waals surface area contributed by atoms with Gasteiger partial charge in [-0.05, 0) is 23.3 Å². The Bertz CT molecular complexity index is 564. The summed E-state index contributed by atoms with van der Waals surface area (Å²) in [4.78, 5) is 0. The van der Waals surface area contributed by atoms with Crippen LogP contribution in [0.25, 0.3) is 0 Å². The zero-order chi connectivity index (χ0) is 14.6. The second kappa shape index (κ2) is 6.06. The second-order valence-electron chi connectivity index (χ2n) is 5.46. The molecular formula is C17H19FO2. The van der Waals surface area contributed by atoms with Gasteiger partial charge in [0.05, 0.1) is 6.61 Å². The minimum atomic E-state index is -0.460. The van der Waals surface area contributed by atoms with E-state index in [0.717, 1.165) is 11.1 Å². The average molecular weight is 274 g/mol. The van der Waals surface area contributed by atoms with Crippen molar-refractivity contribution in [2.75, 3.05) is 6.61 Å². The second-order valence-corrected chi connectivity index (χ2v) is 5.46. The maximum atomic E-state index is 14.0. The minimum Gasteiger partial charge on any atom is -0.486 e. The van der Waals surface area contributed by atoms with E-state index in [9.17, 15) is 9.50 Å². The summed E-state index contributed by atoms with van der Waals surface area (Å²) in [5.41, 5.74) is 1.29. The summed E-state index contributed by atoms with van der Waals surface area (Å²) in [7, 11) is 0. The van der Waals surface area contributed by atoms with E-state index in [2.05, 4.69) is 0 Å². The number of aliphatic hydroxyl groups is 1. The van der Waals surface area contributed by atoms with E-state index in [4.69, 9.17) is 4.74 Å². The molecule has 2 aromatic carbocycles. The number of rotatable bonds is 5. The first-order valence-corrected chi connectivity index (χ1v) is 6.60. The van der Waals surface area contributed by atoms with Gasteiger partial charge in [-0.3, -0.25) is 0 Å². The normalized spacial score (nSPS) is 11.4. The van der Waals surface area contributed by atoms with Gasteiger partial charge in [-0.2, -0.15) is 0 Å². The van der Waals surface area contributed by atoms with Crippen molar-refractivity contribution in [3.05, 3.63) is 65.5 Å². The molecule has 1 N–H and O–H groups in total. The van der Waals surface area contributed by atoms with Crippen molar-refractivity contribution in [2.45, 2.75) is 25.9 Å². The van der Waals surface area contributed by atoms with E-state index in [1.807, 2.05) is 44.2 Å². The lowest BCUT2D eigenvalue weighted by atomic mass is 9.85. The van der Waals surface area contributed by atoms with Gasteiger partial charge in [0.1, 0.15) is 6.61 Å². The van der Waals surface area contributed by atoms with Crippen LogP contribution in [0.5, 0.6) is 5.75 Å². The van der Waals surface area contributed by atoms with Crippen molar-refractivity contribution in [3.63, 3.8) is 0 Å². The topological polar surface area (TPSA) is 29.5 Å². The molecular weight excluding hydrogens is 255 g/mol. The Morgan fingerprint density at radius 1 is 1.10 bits per heavy atom. The lowest BCUT2D eigenvalue weighted by molar-refractivity contribution is 0.217. The maximum Gasteiger partial charge on any atom is 0.165 e. The molecule has 20 heavy (non-hydrogen) atoms. The standard InChI is InChI=1S/C17H19FO2/c1-17(2,12-19)14-8-9-16(15(18)10-14)20-11-13-6-4-3-5-7-13/h3-10,19H,11-12H2,1-2H3. The summed E-state index contributed by atoms with van der Waals surface area (Å²) in [5.74, 6) is -0.175. The van der Waals surface area contributed by atoms with Gasteiger partial charge in [-0.15, -0.1) is 0 Å². The van der Waals surface area contributed by atoms with Crippen molar-refractivity contribution in [1.82, 2.24) is 0 Å². The lowest BCUT2D eigenvalue weighted by Gasteiger charge is -2.22. The summed E-state index contributed by atoms with van der Waals surface area (Å²) in [5, 5.41) is 9.31. The molecule has 0 aromatic heterocycles. The molecule has 0 saturated carbocycles. The predicted molar refractivity (Wildman–Crippen MR) is 77.3 cm³/mol. The van der Waals surface area contributed by atoms with Gasteiger partial charge in [-0.25, -0.2) is 4.39 Å². The van der Waals surface area contributed by atoms with Crippen molar-refractivity contribution < 1.29 is 14.2 Å². The van der Waals surface area contributed by atoms with Gasteiger partial charge in [0, 0.05) is 5.41 Å². The van der Waals surface area contributed by atoms with Crippen molar-refractivity contribution in [2.24, 2.45) is 0 Å². The predicted octanol–water partition coefficient (Wildman–Crippen LogP) is 3.67. The molecule has 0 aliphatic heterocycles. The third kappa shape index (κ3) is 3.36. The fraction of sp³-hybridized carbons (Fsp3) is 0.294. The van der Waals surface area contributed by atoms with Crippen LogP contribution in [0.2, 0.25) is 0 Å². The Hall–Kier alpha value is -1.87. The van der Waals surface area contributed by atoms with Crippen LogP contribution in [0, 0.1) is 5.82 Å². The highest BCUT2D eigenvalue weighted by Crippen LogP contribution is 2.27. The Labute approximate surface area is 118 Å². The maximum absolute atomic E-state index is 14.0. The first-order chi connectivity index (χ1) is 9.53. The van der Waals surface area contributed by atoms with Crippen LogP contribution < -0.4 is 4.74 Å². The molecule has 0 bridgehead atoms. The van der Waals surface area contributed by atoms with Crippen LogP contribution in [0.3, 0.4) is 0 Å². The van der Waals surface area contributed by atoms with E-state index < -0.39 is 11.2 Å². The number of hydrogen-bond donors (Lipinski definition) is 1. The molecule has 0 fully saturated rings. The Morgan fingerprint density at radius 2 is 1.80 bits per heavy atom. The van der Waals surface area contributed by atoms with Crippen LogP contribution in [0.1, 0.15) is 25.0 Å². The monoisotopic (exact) mass is 274 g/mol. The highest BCUT2D eigenvalue weighted by Gasteiger charge is 2.20. The van der Waals surface area contributed by atoms with Crippen LogP contribution in [0.15, 0.2) is 48.5 Å². The molecule has 0 radical (unpaired) electrons. The molecule has 2 nitrogen and oxygen atoms in total. The molecule has 2 rings (SSSR count). The molecule has 0 unspecified atom stereocenters. The molecule has 0 aliphatic rings. The van der Waals surface area contributed by atoms with Gasteiger partial charge in [0.15, 0.2) is 11.6 Å². The van der Waals surface area contributed by atoms with Gasteiger partial charge in [0.2, 0.25) is 0 Å². The zero-order valence-electron chi connectivity index (χ0n) is 11.8.